The van der Waals surface area contributed by atoms with Gasteiger partial charge in [-0.1, -0.05) is 12.1 Å². The number of anilines is 2. The Balaban J connectivity index is 1.02. The van der Waals surface area contributed by atoms with E-state index in [0.717, 1.165) is 42.9 Å². The van der Waals surface area contributed by atoms with Gasteiger partial charge in [-0.15, -0.1) is 0 Å². The summed E-state index contributed by atoms with van der Waals surface area (Å²) in [6.45, 7) is 4.24. The van der Waals surface area contributed by atoms with Crippen molar-refractivity contribution in [1.82, 2.24) is 20.1 Å². The van der Waals surface area contributed by atoms with Crippen molar-refractivity contribution in [3.8, 4) is 17.1 Å². The van der Waals surface area contributed by atoms with E-state index in [1.807, 2.05) is 42.5 Å². The zero-order valence-corrected chi connectivity index (χ0v) is 21.0. The fourth-order valence-corrected chi connectivity index (χ4v) is 4.70. The van der Waals surface area contributed by atoms with E-state index in [4.69, 9.17) is 4.74 Å². The minimum Gasteiger partial charge on any atom is -0.488 e. The molecule has 2 heterocycles. The third-order valence-electron chi connectivity index (χ3n) is 6.92. The van der Waals surface area contributed by atoms with Crippen LogP contribution in [0.1, 0.15) is 47.4 Å². The van der Waals surface area contributed by atoms with Gasteiger partial charge >= 0.3 is 0 Å². The van der Waals surface area contributed by atoms with Crippen LogP contribution in [0, 0.1) is 0 Å². The molecule has 194 valence electrons. The van der Waals surface area contributed by atoms with Gasteiger partial charge in [-0.25, -0.2) is 4.98 Å². The van der Waals surface area contributed by atoms with Crippen molar-refractivity contribution in [2.24, 2.45) is 0 Å². The summed E-state index contributed by atoms with van der Waals surface area (Å²) in [6.07, 6.45) is 2.33. The number of hydrogen-bond donors (Lipinski definition) is 3. The van der Waals surface area contributed by atoms with Crippen molar-refractivity contribution in [3.05, 3.63) is 85.9 Å². The zero-order valence-electron chi connectivity index (χ0n) is 21.0. The molecule has 0 unspecified atom stereocenters. The first kappa shape index (κ1) is 24.1. The second-order valence-electron chi connectivity index (χ2n) is 9.88. The minimum absolute atomic E-state index is 0.0731. The SMILES string of the molecule is CCOc1c(NC2CN(Cc3cccc(C(=O)Nc4ccc(-c5n[nH]c(C6CC6)n5)cc4)c3)C2)c(=O)c1=O. The molecular weight excluding hydrogens is 484 g/mol. The van der Waals surface area contributed by atoms with Gasteiger partial charge in [-0.2, -0.15) is 5.10 Å². The highest BCUT2D eigenvalue weighted by Gasteiger charge is 2.31. The van der Waals surface area contributed by atoms with E-state index in [9.17, 15) is 14.4 Å². The van der Waals surface area contributed by atoms with Crippen molar-refractivity contribution in [2.75, 3.05) is 30.3 Å². The van der Waals surface area contributed by atoms with Crippen LogP contribution in [0.3, 0.4) is 0 Å². The number of aromatic amines is 1. The fourth-order valence-electron chi connectivity index (χ4n) is 4.70. The molecule has 3 aromatic carbocycles. The van der Waals surface area contributed by atoms with Gasteiger partial charge in [-0.3, -0.25) is 24.4 Å². The smallest absolute Gasteiger partial charge is 0.272 e. The highest BCUT2D eigenvalue weighted by molar-refractivity contribution is 6.04. The van der Waals surface area contributed by atoms with E-state index in [-0.39, 0.29) is 23.4 Å². The number of aromatic nitrogens is 3. The van der Waals surface area contributed by atoms with Gasteiger partial charge in [0.25, 0.3) is 16.8 Å². The summed E-state index contributed by atoms with van der Waals surface area (Å²) in [6, 6.07) is 15.1. The van der Waals surface area contributed by atoms with Crippen LogP contribution in [0.5, 0.6) is 5.75 Å². The van der Waals surface area contributed by atoms with Crippen LogP contribution >= 0.6 is 0 Å². The first-order valence-electron chi connectivity index (χ1n) is 12.9. The van der Waals surface area contributed by atoms with Crippen LogP contribution < -0.4 is 26.2 Å². The van der Waals surface area contributed by atoms with E-state index < -0.39 is 10.9 Å². The van der Waals surface area contributed by atoms with Gasteiger partial charge in [0.1, 0.15) is 11.5 Å². The van der Waals surface area contributed by atoms with Gasteiger partial charge in [0.05, 0.1) is 12.6 Å². The van der Waals surface area contributed by atoms with E-state index in [1.54, 1.807) is 13.0 Å². The van der Waals surface area contributed by atoms with Crippen molar-refractivity contribution in [1.29, 1.82) is 0 Å². The van der Waals surface area contributed by atoms with E-state index in [2.05, 4.69) is 30.7 Å². The first-order chi connectivity index (χ1) is 18.5. The van der Waals surface area contributed by atoms with Crippen molar-refractivity contribution in [2.45, 2.75) is 38.3 Å². The molecular formula is C28H28N6O4. The molecule has 1 aliphatic carbocycles. The lowest BCUT2D eigenvalue weighted by atomic mass is 10.0. The molecule has 1 saturated heterocycles. The Kier molecular flexibility index (Phi) is 6.24. The van der Waals surface area contributed by atoms with Gasteiger partial charge < -0.3 is 15.4 Å². The van der Waals surface area contributed by atoms with Crippen molar-refractivity contribution in [3.63, 3.8) is 0 Å². The molecule has 2 aliphatic rings. The molecule has 1 amide bonds. The molecule has 1 saturated carbocycles. The Morgan fingerprint density at radius 3 is 2.63 bits per heavy atom. The number of rotatable bonds is 10. The average Bonchev–Trinajstić information content (AvgIpc) is 3.65. The molecule has 3 N–H and O–H groups in total. The zero-order chi connectivity index (χ0) is 26.2. The van der Waals surface area contributed by atoms with Crippen LogP contribution in [0.25, 0.3) is 11.4 Å². The Bertz CT molecular complexity index is 1540. The highest BCUT2D eigenvalue weighted by Crippen LogP contribution is 2.38. The lowest BCUT2D eigenvalue weighted by Gasteiger charge is -2.40. The van der Waals surface area contributed by atoms with Crippen LogP contribution in [0.4, 0.5) is 11.4 Å². The molecule has 10 heteroatoms. The summed E-state index contributed by atoms with van der Waals surface area (Å²) >= 11 is 0. The molecule has 10 nitrogen and oxygen atoms in total. The fraction of sp³-hybridized carbons (Fsp3) is 0.321. The van der Waals surface area contributed by atoms with E-state index >= 15 is 0 Å². The Labute approximate surface area is 218 Å². The standard InChI is InChI=1S/C28H28N6O4/c1-2-38-25-22(23(35)24(25)36)29-21-14-34(15-21)13-16-4-3-5-19(12-16)28(37)30-20-10-8-18(9-11-20)27-31-26(32-33-27)17-6-7-17/h3-5,8-12,17,21,29H,2,6-7,13-15H2,1H3,(H,30,37)(H,31,32,33). The maximum atomic E-state index is 12.9. The highest BCUT2D eigenvalue weighted by atomic mass is 16.5. The molecule has 2 fully saturated rings. The molecule has 0 radical (unpaired) electrons. The molecule has 1 aliphatic heterocycles. The summed E-state index contributed by atoms with van der Waals surface area (Å²) in [5, 5.41) is 13.4. The number of hydrogen-bond acceptors (Lipinski definition) is 8. The van der Waals surface area contributed by atoms with Gasteiger partial charge in [0.15, 0.2) is 11.6 Å². The first-order valence-corrected chi connectivity index (χ1v) is 12.9. The van der Waals surface area contributed by atoms with Crippen LogP contribution in [0.15, 0.2) is 58.1 Å². The van der Waals surface area contributed by atoms with E-state index in [1.165, 1.54) is 0 Å². The molecule has 6 rings (SSSR count). The maximum Gasteiger partial charge on any atom is 0.272 e. The summed E-state index contributed by atoms with van der Waals surface area (Å²) in [5.74, 6) is 2.09. The predicted molar refractivity (Wildman–Crippen MR) is 143 cm³/mol. The third kappa shape index (κ3) is 4.82. The van der Waals surface area contributed by atoms with Gasteiger partial charge in [-0.05, 0) is 61.7 Å². The number of carbonyl (C=O) groups excluding carboxylic acids is 1. The number of nitrogens with one attached hydrogen (secondary N) is 3. The molecule has 1 aromatic heterocycles. The molecule has 0 atom stereocenters. The molecule has 4 aromatic rings. The number of benzene rings is 2. The molecule has 0 bridgehead atoms. The number of H-pyrrole nitrogens is 1. The molecule has 0 spiro atoms. The molecule has 38 heavy (non-hydrogen) atoms. The predicted octanol–water partition coefficient (Wildman–Crippen LogP) is 2.89. The number of likely N-dealkylation sites (tertiary alicyclic amines) is 1. The van der Waals surface area contributed by atoms with Crippen LogP contribution in [-0.2, 0) is 6.54 Å². The minimum atomic E-state index is -0.561. The topological polar surface area (TPSA) is 129 Å². The van der Waals surface area contributed by atoms with Crippen molar-refractivity contribution >= 4 is 17.3 Å². The number of carbonyl (C=O) groups is 1. The summed E-state index contributed by atoms with van der Waals surface area (Å²) in [5.41, 5.74) is 2.41. The van der Waals surface area contributed by atoms with Crippen molar-refractivity contribution < 1.29 is 9.53 Å². The summed E-state index contributed by atoms with van der Waals surface area (Å²) < 4.78 is 5.27. The number of amides is 1. The normalized spacial score (nSPS) is 15.8. The number of nitrogens with zero attached hydrogens (tertiary/aromatic N) is 3. The summed E-state index contributed by atoms with van der Waals surface area (Å²) in [4.78, 5) is 43.1. The maximum absolute atomic E-state index is 12.9. The second-order valence-corrected chi connectivity index (χ2v) is 9.88. The quantitative estimate of drug-likeness (QED) is 0.277. The Hall–Kier alpha value is -4.31. The lowest BCUT2D eigenvalue weighted by Crippen LogP contribution is -2.55. The summed E-state index contributed by atoms with van der Waals surface area (Å²) in [7, 11) is 0. The number of ether oxygens (including phenoxy) is 1. The van der Waals surface area contributed by atoms with Gasteiger partial charge in [0.2, 0.25) is 0 Å². The Morgan fingerprint density at radius 1 is 1.11 bits per heavy atom. The second kappa shape index (κ2) is 9.86. The largest absolute Gasteiger partial charge is 0.488 e. The third-order valence-corrected chi connectivity index (χ3v) is 6.92. The average molecular weight is 513 g/mol. The van der Waals surface area contributed by atoms with E-state index in [0.29, 0.717) is 36.1 Å². The van der Waals surface area contributed by atoms with Gasteiger partial charge in [0, 0.05) is 42.4 Å². The van der Waals surface area contributed by atoms with Crippen LogP contribution in [-0.4, -0.2) is 51.7 Å². The Morgan fingerprint density at radius 2 is 1.89 bits per heavy atom. The monoisotopic (exact) mass is 512 g/mol. The lowest BCUT2D eigenvalue weighted by molar-refractivity contribution is 0.102. The van der Waals surface area contributed by atoms with Crippen LogP contribution in [0.2, 0.25) is 0 Å².